The van der Waals surface area contributed by atoms with Crippen molar-refractivity contribution in [3.63, 3.8) is 0 Å². The molecule has 0 radical (unpaired) electrons. The number of esters is 1. The van der Waals surface area contributed by atoms with Gasteiger partial charge in [-0.05, 0) is 67.9 Å². The molecule has 2 N–H and O–H groups in total. The van der Waals surface area contributed by atoms with E-state index in [0.29, 0.717) is 23.6 Å². The Bertz CT molecular complexity index is 1140. The summed E-state index contributed by atoms with van der Waals surface area (Å²) >= 11 is 0.951. The third-order valence-electron chi connectivity index (χ3n) is 4.50. The van der Waals surface area contributed by atoms with Crippen molar-refractivity contribution >= 4 is 39.8 Å². The average molecular weight is 456 g/mol. The van der Waals surface area contributed by atoms with Gasteiger partial charge in [0.05, 0.1) is 24.2 Å². The highest BCUT2D eigenvalue weighted by Crippen LogP contribution is 2.34. The quantitative estimate of drug-likeness (QED) is 0.494. The van der Waals surface area contributed by atoms with Gasteiger partial charge in [0, 0.05) is 11.3 Å². The van der Waals surface area contributed by atoms with E-state index < -0.39 is 23.6 Å². The molecule has 9 heteroatoms. The van der Waals surface area contributed by atoms with Crippen molar-refractivity contribution < 1.29 is 28.2 Å². The van der Waals surface area contributed by atoms with Gasteiger partial charge in [-0.25, -0.2) is 9.18 Å². The van der Waals surface area contributed by atoms with E-state index in [1.54, 1.807) is 31.2 Å². The van der Waals surface area contributed by atoms with Crippen LogP contribution in [-0.4, -0.2) is 31.5 Å². The van der Waals surface area contributed by atoms with Crippen LogP contribution in [0.3, 0.4) is 0 Å². The maximum atomic E-state index is 13.1. The summed E-state index contributed by atoms with van der Waals surface area (Å²) in [5.74, 6) is -1.47. The Morgan fingerprint density at radius 1 is 0.969 bits per heavy atom. The van der Waals surface area contributed by atoms with Gasteiger partial charge in [0.25, 0.3) is 11.8 Å². The number of benzene rings is 2. The molecule has 32 heavy (non-hydrogen) atoms. The number of carbonyl (C=O) groups is 3. The van der Waals surface area contributed by atoms with Crippen molar-refractivity contribution in [3.8, 4) is 5.75 Å². The van der Waals surface area contributed by atoms with Crippen molar-refractivity contribution in [2.75, 3.05) is 24.4 Å². The van der Waals surface area contributed by atoms with Crippen molar-refractivity contribution in [1.82, 2.24) is 0 Å². The van der Waals surface area contributed by atoms with Crippen LogP contribution in [0.1, 0.15) is 42.9 Å². The molecule has 0 unspecified atom stereocenters. The topological polar surface area (TPSA) is 93.7 Å². The number of carbonyl (C=O) groups excluding carboxylic acids is 3. The molecular weight excluding hydrogens is 435 g/mol. The highest BCUT2D eigenvalue weighted by molar-refractivity contribution is 7.19. The van der Waals surface area contributed by atoms with Gasteiger partial charge in [-0.2, -0.15) is 0 Å². The number of nitrogens with one attached hydrogen (secondary N) is 2. The zero-order chi connectivity index (χ0) is 23.3. The zero-order valence-electron chi connectivity index (χ0n) is 17.7. The summed E-state index contributed by atoms with van der Waals surface area (Å²) in [5.41, 5.74) is 1.21. The summed E-state index contributed by atoms with van der Waals surface area (Å²) in [6.07, 6.45) is 0. The lowest BCUT2D eigenvalue weighted by Crippen LogP contribution is -2.14. The summed E-state index contributed by atoms with van der Waals surface area (Å²) in [5, 5.41) is 5.56. The third-order valence-corrected chi connectivity index (χ3v) is 5.71. The molecule has 0 saturated carbocycles. The molecule has 7 nitrogen and oxygen atoms in total. The molecule has 2 aromatic carbocycles. The molecule has 0 aliphatic carbocycles. The second-order valence-electron chi connectivity index (χ2n) is 6.62. The minimum Gasteiger partial charge on any atom is -0.494 e. The monoisotopic (exact) mass is 456 g/mol. The first-order valence-electron chi connectivity index (χ1n) is 9.66. The lowest BCUT2D eigenvalue weighted by Gasteiger charge is -2.07. The lowest BCUT2D eigenvalue weighted by molar-refractivity contribution is 0.0601. The molecule has 3 aromatic rings. The van der Waals surface area contributed by atoms with Crippen LogP contribution in [0.5, 0.6) is 5.75 Å². The first kappa shape index (κ1) is 23.0. The molecule has 1 aromatic heterocycles. The zero-order valence-corrected chi connectivity index (χ0v) is 18.5. The average Bonchev–Trinajstić information content (AvgIpc) is 3.11. The SMILES string of the molecule is CCOc1ccc(NC(=O)c2sc(NC(=O)c3ccc(F)cc3)c(C(=O)OC)c2C)cc1. The molecule has 0 saturated heterocycles. The van der Waals surface area contributed by atoms with Crippen molar-refractivity contribution in [1.29, 1.82) is 0 Å². The maximum absolute atomic E-state index is 13.1. The molecule has 2 amide bonds. The molecule has 1 heterocycles. The second kappa shape index (κ2) is 10.1. The molecule has 0 aliphatic rings. The van der Waals surface area contributed by atoms with E-state index in [1.165, 1.54) is 19.2 Å². The summed E-state index contributed by atoms with van der Waals surface area (Å²) < 4.78 is 23.3. The Labute approximate surface area is 188 Å². The Hall–Kier alpha value is -3.72. The number of amides is 2. The van der Waals surface area contributed by atoms with E-state index >= 15 is 0 Å². The van der Waals surface area contributed by atoms with Crippen LogP contribution in [0.25, 0.3) is 0 Å². The third kappa shape index (κ3) is 5.12. The summed E-state index contributed by atoms with van der Waals surface area (Å²) in [6, 6.07) is 11.8. The number of anilines is 2. The van der Waals surface area contributed by atoms with Gasteiger partial charge in [0.15, 0.2) is 0 Å². The number of hydrogen-bond acceptors (Lipinski definition) is 6. The van der Waals surface area contributed by atoms with E-state index in [1.807, 2.05) is 6.92 Å². The molecule has 166 valence electrons. The van der Waals surface area contributed by atoms with Crippen LogP contribution in [0.15, 0.2) is 48.5 Å². The summed E-state index contributed by atoms with van der Waals surface area (Å²) in [6.45, 7) is 4.01. The molecule has 0 aliphatic heterocycles. The maximum Gasteiger partial charge on any atom is 0.341 e. The van der Waals surface area contributed by atoms with Gasteiger partial charge < -0.3 is 20.1 Å². The lowest BCUT2D eigenvalue weighted by atomic mass is 10.1. The van der Waals surface area contributed by atoms with Crippen molar-refractivity contribution in [3.05, 3.63) is 75.9 Å². The van der Waals surface area contributed by atoms with Gasteiger partial charge in [0.1, 0.15) is 16.6 Å². The Kier molecular flexibility index (Phi) is 7.21. The number of ether oxygens (including phenoxy) is 2. The van der Waals surface area contributed by atoms with Crippen LogP contribution < -0.4 is 15.4 Å². The van der Waals surface area contributed by atoms with Crippen molar-refractivity contribution in [2.24, 2.45) is 0 Å². The minimum atomic E-state index is -0.687. The molecule has 0 fully saturated rings. The van der Waals surface area contributed by atoms with E-state index in [9.17, 15) is 18.8 Å². The molecule has 0 atom stereocenters. The first-order chi connectivity index (χ1) is 15.3. The highest BCUT2D eigenvalue weighted by Gasteiger charge is 2.26. The van der Waals surface area contributed by atoms with Crippen LogP contribution in [-0.2, 0) is 4.74 Å². The summed E-state index contributed by atoms with van der Waals surface area (Å²) in [7, 11) is 1.21. The largest absolute Gasteiger partial charge is 0.494 e. The molecule has 0 bridgehead atoms. The van der Waals surface area contributed by atoms with Crippen LogP contribution >= 0.6 is 11.3 Å². The van der Waals surface area contributed by atoms with E-state index in [-0.39, 0.29) is 21.0 Å². The normalized spacial score (nSPS) is 10.4. The molecular formula is C23H21FN2O5S. The smallest absolute Gasteiger partial charge is 0.341 e. The number of methoxy groups -OCH3 is 1. The Morgan fingerprint density at radius 2 is 1.62 bits per heavy atom. The Morgan fingerprint density at radius 3 is 2.22 bits per heavy atom. The highest BCUT2D eigenvalue weighted by atomic mass is 32.1. The minimum absolute atomic E-state index is 0.0878. The van der Waals surface area contributed by atoms with Crippen LogP contribution in [0.4, 0.5) is 15.1 Å². The Balaban J connectivity index is 1.87. The van der Waals surface area contributed by atoms with Gasteiger partial charge in [0.2, 0.25) is 0 Å². The predicted molar refractivity (Wildman–Crippen MR) is 120 cm³/mol. The van der Waals surface area contributed by atoms with E-state index in [0.717, 1.165) is 23.5 Å². The number of halogens is 1. The van der Waals surface area contributed by atoms with Gasteiger partial charge in [-0.15, -0.1) is 11.3 Å². The number of hydrogen-bond donors (Lipinski definition) is 2. The molecule has 3 rings (SSSR count). The van der Waals surface area contributed by atoms with E-state index in [4.69, 9.17) is 9.47 Å². The van der Waals surface area contributed by atoms with Gasteiger partial charge >= 0.3 is 5.97 Å². The predicted octanol–water partition coefficient (Wildman–Crippen LogP) is 4.89. The van der Waals surface area contributed by atoms with Crippen LogP contribution in [0.2, 0.25) is 0 Å². The first-order valence-corrected chi connectivity index (χ1v) is 10.5. The van der Waals surface area contributed by atoms with Crippen LogP contribution in [0, 0.1) is 12.7 Å². The van der Waals surface area contributed by atoms with Gasteiger partial charge in [-0.1, -0.05) is 0 Å². The fourth-order valence-corrected chi connectivity index (χ4v) is 4.02. The number of thiophene rings is 1. The fourth-order valence-electron chi connectivity index (χ4n) is 2.93. The standard InChI is InChI=1S/C23H21FN2O5S/c1-4-31-17-11-9-16(10-12-17)25-21(28)19-13(2)18(23(29)30-3)22(32-19)26-20(27)14-5-7-15(24)8-6-14/h5-12H,4H2,1-3H3,(H,25,28)(H,26,27). The number of rotatable bonds is 7. The van der Waals surface area contributed by atoms with E-state index in [2.05, 4.69) is 10.6 Å². The summed E-state index contributed by atoms with van der Waals surface area (Å²) in [4.78, 5) is 38.0. The fraction of sp³-hybridized carbons (Fsp3) is 0.174. The van der Waals surface area contributed by atoms with Gasteiger partial charge in [-0.3, -0.25) is 9.59 Å². The molecule has 0 spiro atoms. The second-order valence-corrected chi connectivity index (χ2v) is 7.65. The van der Waals surface area contributed by atoms with Crippen molar-refractivity contribution in [2.45, 2.75) is 13.8 Å².